The van der Waals surface area contributed by atoms with Gasteiger partial charge < -0.3 is 10.1 Å². The van der Waals surface area contributed by atoms with Gasteiger partial charge in [0.15, 0.2) is 6.61 Å². The largest absolute Gasteiger partial charge is 0.484 e. The molecule has 0 aliphatic heterocycles. The molecular weight excluding hydrogens is 608 g/mol. The molecule has 0 saturated carbocycles. The van der Waals surface area contributed by atoms with Crippen molar-refractivity contribution in [1.29, 1.82) is 0 Å². The summed E-state index contributed by atoms with van der Waals surface area (Å²) in [6.45, 7) is 1.33. The Hall–Kier alpha value is -4.48. The van der Waals surface area contributed by atoms with E-state index in [1.54, 1.807) is 66.7 Å². The number of nitrogens with zero attached hydrogens (tertiary/aromatic N) is 2. The van der Waals surface area contributed by atoms with Crippen LogP contribution in [0.2, 0.25) is 0 Å². The SMILES string of the molecule is Cc1ccc(NC(=O)COc2ccc(/C=N\NC(=O)CN(c3cccc(Br)c3)S(=O)(=O)c3ccccc3)cc2)cc1. The first-order chi connectivity index (χ1) is 19.7. The van der Waals surface area contributed by atoms with Crippen molar-refractivity contribution in [1.82, 2.24) is 5.43 Å². The van der Waals surface area contributed by atoms with Crippen LogP contribution in [0.1, 0.15) is 11.1 Å². The van der Waals surface area contributed by atoms with Crippen LogP contribution in [0.15, 0.2) is 118 Å². The molecule has 2 amide bonds. The van der Waals surface area contributed by atoms with Crippen LogP contribution < -0.4 is 19.8 Å². The Morgan fingerprint density at radius 1 is 0.902 bits per heavy atom. The first kappa shape index (κ1) is 29.5. The van der Waals surface area contributed by atoms with Gasteiger partial charge in [0.05, 0.1) is 16.8 Å². The quantitative estimate of drug-likeness (QED) is 0.175. The number of benzene rings is 4. The molecule has 9 nitrogen and oxygen atoms in total. The topological polar surface area (TPSA) is 117 Å². The molecule has 4 rings (SSSR count). The van der Waals surface area contributed by atoms with Gasteiger partial charge in [-0.25, -0.2) is 13.8 Å². The lowest BCUT2D eigenvalue weighted by Crippen LogP contribution is -2.39. The van der Waals surface area contributed by atoms with E-state index in [0.717, 1.165) is 9.87 Å². The molecule has 210 valence electrons. The number of aryl methyl sites for hydroxylation is 1. The number of hydrogen-bond acceptors (Lipinski definition) is 6. The lowest BCUT2D eigenvalue weighted by molar-refractivity contribution is -0.119. The van der Waals surface area contributed by atoms with Gasteiger partial charge in [-0.2, -0.15) is 5.10 Å². The number of anilines is 2. The molecule has 4 aromatic carbocycles. The van der Waals surface area contributed by atoms with E-state index in [-0.39, 0.29) is 17.4 Å². The fourth-order valence-electron chi connectivity index (χ4n) is 3.64. The Labute approximate surface area is 247 Å². The van der Waals surface area contributed by atoms with Crippen molar-refractivity contribution in [3.8, 4) is 5.75 Å². The maximum absolute atomic E-state index is 13.4. The molecule has 2 N–H and O–H groups in total. The zero-order valence-corrected chi connectivity index (χ0v) is 24.4. The molecule has 41 heavy (non-hydrogen) atoms. The van der Waals surface area contributed by atoms with E-state index >= 15 is 0 Å². The molecule has 0 unspecified atom stereocenters. The van der Waals surface area contributed by atoms with Crippen molar-refractivity contribution >= 4 is 55.4 Å². The van der Waals surface area contributed by atoms with Crippen LogP contribution in [-0.2, 0) is 19.6 Å². The number of carbonyl (C=O) groups excluding carboxylic acids is 2. The molecule has 0 spiro atoms. The number of amides is 2. The predicted octanol–water partition coefficient (Wildman–Crippen LogP) is 5.12. The van der Waals surface area contributed by atoms with Crippen molar-refractivity contribution in [2.75, 3.05) is 22.8 Å². The summed E-state index contributed by atoms with van der Waals surface area (Å²) < 4.78 is 33.9. The number of rotatable bonds is 11. The van der Waals surface area contributed by atoms with E-state index in [1.807, 2.05) is 31.2 Å². The number of halogens is 1. The van der Waals surface area contributed by atoms with Crippen molar-refractivity contribution in [2.45, 2.75) is 11.8 Å². The number of carbonyl (C=O) groups is 2. The Morgan fingerprint density at radius 3 is 2.29 bits per heavy atom. The summed E-state index contributed by atoms with van der Waals surface area (Å²) in [5, 5.41) is 6.72. The molecule has 0 heterocycles. The number of sulfonamides is 1. The highest BCUT2D eigenvalue weighted by atomic mass is 79.9. The molecule has 4 aromatic rings. The average molecular weight is 636 g/mol. The van der Waals surface area contributed by atoms with E-state index in [9.17, 15) is 18.0 Å². The molecule has 0 aromatic heterocycles. The van der Waals surface area contributed by atoms with Crippen LogP contribution in [0.25, 0.3) is 0 Å². The van der Waals surface area contributed by atoms with Crippen molar-refractivity contribution in [2.24, 2.45) is 5.10 Å². The van der Waals surface area contributed by atoms with Gasteiger partial charge in [0.25, 0.3) is 21.8 Å². The third kappa shape index (κ3) is 8.50. The molecule has 0 fully saturated rings. The molecule has 0 atom stereocenters. The first-order valence-electron chi connectivity index (χ1n) is 12.5. The number of hydrogen-bond donors (Lipinski definition) is 2. The van der Waals surface area contributed by atoms with Crippen LogP contribution in [0.3, 0.4) is 0 Å². The predicted molar refractivity (Wildman–Crippen MR) is 163 cm³/mol. The maximum atomic E-state index is 13.4. The fourth-order valence-corrected chi connectivity index (χ4v) is 5.46. The zero-order valence-electron chi connectivity index (χ0n) is 22.0. The summed E-state index contributed by atoms with van der Waals surface area (Å²) in [5.74, 6) is -0.422. The van der Waals surface area contributed by atoms with Gasteiger partial charge in [-0.05, 0) is 79.2 Å². The van der Waals surface area contributed by atoms with E-state index in [2.05, 4.69) is 31.8 Å². The van der Waals surface area contributed by atoms with Crippen LogP contribution in [0, 0.1) is 6.92 Å². The van der Waals surface area contributed by atoms with Gasteiger partial charge in [0.2, 0.25) is 0 Å². The summed E-state index contributed by atoms with van der Waals surface area (Å²) in [7, 11) is -4.02. The summed E-state index contributed by atoms with van der Waals surface area (Å²) in [6, 6.07) is 28.8. The van der Waals surface area contributed by atoms with Gasteiger partial charge in [-0.3, -0.25) is 13.9 Å². The second kappa shape index (κ2) is 13.7. The fraction of sp³-hybridized carbons (Fsp3) is 0.100. The van der Waals surface area contributed by atoms with Crippen LogP contribution in [0.5, 0.6) is 5.75 Å². The molecule has 0 aliphatic carbocycles. The van der Waals surface area contributed by atoms with E-state index in [4.69, 9.17) is 4.74 Å². The Kier molecular flexibility index (Phi) is 9.88. The maximum Gasteiger partial charge on any atom is 0.264 e. The van der Waals surface area contributed by atoms with Gasteiger partial charge in [0.1, 0.15) is 12.3 Å². The normalized spacial score (nSPS) is 11.2. The highest BCUT2D eigenvalue weighted by Gasteiger charge is 2.27. The van der Waals surface area contributed by atoms with Gasteiger partial charge in [-0.15, -0.1) is 0 Å². The van der Waals surface area contributed by atoms with E-state index in [1.165, 1.54) is 18.3 Å². The third-order valence-electron chi connectivity index (χ3n) is 5.70. The molecule has 0 saturated heterocycles. The molecule has 11 heteroatoms. The average Bonchev–Trinajstić information content (AvgIpc) is 2.97. The first-order valence-corrected chi connectivity index (χ1v) is 14.7. The van der Waals surface area contributed by atoms with Crippen LogP contribution in [0.4, 0.5) is 11.4 Å². The number of ether oxygens (including phenoxy) is 1. The molecule has 0 radical (unpaired) electrons. The minimum atomic E-state index is -4.02. The smallest absolute Gasteiger partial charge is 0.264 e. The highest BCUT2D eigenvalue weighted by Crippen LogP contribution is 2.26. The van der Waals surface area contributed by atoms with Crippen molar-refractivity contribution in [3.05, 3.63) is 119 Å². The second-order valence-electron chi connectivity index (χ2n) is 8.87. The number of nitrogens with one attached hydrogen (secondary N) is 2. The molecular formula is C30H27BrN4O5S. The monoisotopic (exact) mass is 634 g/mol. The zero-order chi connectivity index (χ0) is 29.2. The summed E-state index contributed by atoms with van der Waals surface area (Å²) in [4.78, 5) is 24.9. The minimum absolute atomic E-state index is 0.0613. The lowest BCUT2D eigenvalue weighted by Gasteiger charge is -2.23. The summed E-state index contributed by atoms with van der Waals surface area (Å²) in [6.07, 6.45) is 1.42. The minimum Gasteiger partial charge on any atom is -0.484 e. The Morgan fingerprint density at radius 2 is 1.61 bits per heavy atom. The second-order valence-corrected chi connectivity index (χ2v) is 11.6. The summed E-state index contributed by atoms with van der Waals surface area (Å²) in [5.41, 5.74) is 5.15. The van der Waals surface area contributed by atoms with E-state index in [0.29, 0.717) is 27.2 Å². The molecule has 0 bridgehead atoms. The standard InChI is InChI=1S/C30H27BrN4O5S/c1-22-10-14-25(15-11-22)33-30(37)21-40-27-16-12-23(13-17-27)19-32-34-29(36)20-35(26-7-5-6-24(31)18-26)41(38,39)28-8-3-2-4-9-28/h2-19H,20-21H2,1H3,(H,33,37)(H,34,36)/b32-19-. The van der Waals surface area contributed by atoms with E-state index < -0.39 is 22.5 Å². The van der Waals surface area contributed by atoms with Crippen LogP contribution >= 0.6 is 15.9 Å². The highest BCUT2D eigenvalue weighted by molar-refractivity contribution is 9.10. The van der Waals surface area contributed by atoms with Crippen LogP contribution in [-0.4, -0.2) is 39.6 Å². The van der Waals surface area contributed by atoms with Gasteiger partial charge in [0, 0.05) is 10.2 Å². The summed E-state index contributed by atoms with van der Waals surface area (Å²) >= 11 is 3.35. The number of hydrazone groups is 1. The van der Waals surface area contributed by atoms with Gasteiger partial charge in [-0.1, -0.05) is 57.9 Å². The third-order valence-corrected chi connectivity index (χ3v) is 7.98. The Bertz CT molecular complexity index is 1630. The molecule has 0 aliphatic rings. The lowest BCUT2D eigenvalue weighted by atomic mass is 10.2. The van der Waals surface area contributed by atoms with Gasteiger partial charge >= 0.3 is 0 Å². The Balaban J connectivity index is 1.33. The van der Waals surface area contributed by atoms with Crippen molar-refractivity contribution < 1.29 is 22.7 Å². The van der Waals surface area contributed by atoms with Crippen molar-refractivity contribution in [3.63, 3.8) is 0 Å².